The van der Waals surface area contributed by atoms with Gasteiger partial charge in [-0.2, -0.15) is 4.98 Å². The summed E-state index contributed by atoms with van der Waals surface area (Å²) in [5.74, 6) is -3.12. The molecule has 1 aliphatic heterocycles. The van der Waals surface area contributed by atoms with Crippen LogP contribution >= 0.6 is 15.9 Å². The van der Waals surface area contributed by atoms with Gasteiger partial charge in [-0.1, -0.05) is 15.9 Å². The molecule has 1 amide bonds. The number of nitrogens with one attached hydrogen (secondary N) is 1. The molecule has 1 saturated heterocycles. The average Bonchev–Trinajstić information content (AvgIpc) is 2.94. The molecule has 2 heterocycles. The summed E-state index contributed by atoms with van der Waals surface area (Å²) < 4.78 is 17.1. The number of aliphatic carboxylic acids is 1. The fraction of sp³-hybridized carbons (Fsp3) is 0.444. The second kappa shape index (κ2) is 10.3. The molecule has 2 rings (SSSR count). The zero-order chi connectivity index (χ0) is 23.3. The predicted molar refractivity (Wildman–Crippen MR) is 108 cm³/mol. The van der Waals surface area contributed by atoms with Gasteiger partial charge in [-0.25, -0.2) is 9.59 Å². The highest BCUT2D eigenvalue weighted by Crippen LogP contribution is 2.36. The lowest BCUT2D eigenvalue weighted by Crippen LogP contribution is -2.37. The third-order valence-electron chi connectivity index (χ3n) is 3.97. The van der Waals surface area contributed by atoms with Gasteiger partial charge < -0.3 is 24.6 Å². The molecule has 168 valence electrons. The topological polar surface area (TPSA) is 163 Å². The summed E-state index contributed by atoms with van der Waals surface area (Å²) in [5, 5.41) is 11.3. The first-order chi connectivity index (χ1) is 14.5. The van der Waals surface area contributed by atoms with Crippen LogP contribution in [0, 0.1) is 0 Å². The van der Waals surface area contributed by atoms with Gasteiger partial charge in [0.05, 0.1) is 4.83 Å². The molecule has 0 spiro atoms. The molecule has 1 aromatic rings. The first-order valence-corrected chi connectivity index (χ1v) is 9.83. The summed E-state index contributed by atoms with van der Waals surface area (Å²) in [6.07, 6.45) is 0.215. The van der Waals surface area contributed by atoms with Crippen molar-refractivity contribution in [1.29, 1.82) is 0 Å². The van der Waals surface area contributed by atoms with Crippen LogP contribution in [0.3, 0.4) is 0 Å². The van der Waals surface area contributed by atoms with Crippen LogP contribution in [0.25, 0.3) is 6.08 Å². The van der Waals surface area contributed by atoms with Crippen LogP contribution < -0.4 is 11.0 Å². The molecular formula is C18H20BrN3O9. The standard InChI is InChI=1S/C18H20BrN3O9/c1-8(23)20-16-11(4-5-13(26)27)6-22(18(28)21-16)17-15(30-10(3)25)14(19)12(31-17)7-29-9(2)24/h4-6,12,14-15,17H,7H2,1-3H3,(H,26,27)(H,20,21,23,28)/t12-,14+,15-,17-/m1/s1. The molecule has 0 bridgehead atoms. The van der Waals surface area contributed by atoms with Crippen molar-refractivity contribution in [3.05, 3.63) is 28.3 Å². The van der Waals surface area contributed by atoms with Crippen molar-refractivity contribution in [3.8, 4) is 0 Å². The van der Waals surface area contributed by atoms with E-state index in [-0.39, 0.29) is 18.0 Å². The quantitative estimate of drug-likeness (QED) is 0.304. The number of nitrogens with zero attached hydrogens (tertiary/aromatic N) is 2. The van der Waals surface area contributed by atoms with Crippen LogP contribution in [-0.2, 0) is 33.4 Å². The fourth-order valence-electron chi connectivity index (χ4n) is 2.79. The summed E-state index contributed by atoms with van der Waals surface area (Å²) in [4.78, 5) is 60.8. The van der Waals surface area contributed by atoms with Crippen molar-refractivity contribution in [2.75, 3.05) is 11.9 Å². The maximum Gasteiger partial charge on any atom is 0.351 e. The Morgan fingerprint density at radius 3 is 2.52 bits per heavy atom. The molecule has 0 aromatic carbocycles. The number of carboxylic acids is 1. The Labute approximate surface area is 184 Å². The maximum atomic E-state index is 12.6. The number of carbonyl (C=O) groups excluding carboxylic acids is 3. The van der Waals surface area contributed by atoms with Crippen LogP contribution in [0.5, 0.6) is 0 Å². The van der Waals surface area contributed by atoms with Gasteiger partial charge in [0.25, 0.3) is 0 Å². The summed E-state index contributed by atoms with van der Waals surface area (Å²) in [5.41, 5.74) is -0.761. The van der Waals surface area contributed by atoms with E-state index in [0.717, 1.165) is 16.7 Å². The Morgan fingerprint density at radius 1 is 1.29 bits per heavy atom. The van der Waals surface area contributed by atoms with Gasteiger partial charge >= 0.3 is 23.6 Å². The van der Waals surface area contributed by atoms with E-state index >= 15 is 0 Å². The molecular weight excluding hydrogens is 482 g/mol. The molecule has 12 nitrogen and oxygen atoms in total. The van der Waals surface area contributed by atoms with Gasteiger partial charge in [-0.3, -0.25) is 19.0 Å². The fourth-order valence-corrected chi connectivity index (χ4v) is 3.43. The average molecular weight is 502 g/mol. The van der Waals surface area contributed by atoms with Gasteiger partial charge in [0.1, 0.15) is 18.5 Å². The lowest BCUT2D eigenvalue weighted by atomic mass is 10.2. The van der Waals surface area contributed by atoms with Crippen molar-refractivity contribution in [2.24, 2.45) is 0 Å². The van der Waals surface area contributed by atoms with E-state index in [4.69, 9.17) is 19.3 Å². The van der Waals surface area contributed by atoms with E-state index in [0.29, 0.717) is 0 Å². The molecule has 0 aliphatic carbocycles. The molecule has 1 aliphatic rings. The largest absolute Gasteiger partial charge is 0.478 e. The number of aromatic nitrogens is 2. The zero-order valence-corrected chi connectivity index (χ0v) is 18.3. The van der Waals surface area contributed by atoms with Crippen molar-refractivity contribution in [1.82, 2.24) is 9.55 Å². The number of esters is 2. The highest BCUT2D eigenvalue weighted by molar-refractivity contribution is 9.09. The van der Waals surface area contributed by atoms with Crippen LogP contribution in [0.2, 0.25) is 0 Å². The SMILES string of the molecule is CC(=O)Nc1nc(=O)n([C@@H]2O[C@H](COC(C)=O)[C@H](Br)[C@H]2OC(C)=O)cc1C=CC(=O)O. The number of hydrogen-bond donors (Lipinski definition) is 2. The summed E-state index contributed by atoms with van der Waals surface area (Å²) >= 11 is 3.35. The third kappa shape index (κ3) is 6.46. The number of rotatable bonds is 7. The lowest BCUT2D eigenvalue weighted by molar-refractivity contribution is -0.153. The van der Waals surface area contributed by atoms with Crippen LogP contribution in [-0.4, -0.2) is 62.1 Å². The highest BCUT2D eigenvalue weighted by Gasteiger charge is 2.47. The summed E-state index contributed by atoms with van der Waals surface area (Å²) in [7, 11) is 0. The Balaban J connectivity index is 2.51. The second-order valence-corrected chi connectivity index (χ2v) is 7.53. The van der Waals surface area contributed by atoms with Gasteiger partial charge in [0, 0.05) is 38.6 Å². The van der Waals surface area contributed by atoms with Gasteiger partial charge in [-0.05, 0) is 6.08 Å². The van der Waals surface area contributed by atoms with Crippen molar-refractivity contribution >= 4 is 51.6 Å². The molecule has 13 heteroatoms. The minimum absolute atomic E-state index is 0.0944. The van der Waals surface area contributed by atoms with Gasteiger partial charge in [-0.15, -0.1) is 0 Å². The molecule has 0 radical (unpaired) electrons. The smallest absolute Gasteiger partial charge is 0.351 e. The zero-order valence-electron chi connectivity index (χ0n) is 16.7. The first-order valence-electron chi connectivity index (χ1n) is 8.91. The van der Waals surface area contributed by atoms with Crippen LogP contribution in [0.1, 0.15) is 32.6 Å². The van der Waals surface area contributed by atoms with E-state index in [9.17, 15) is 24.0 Å². The number of hydrogen-bond acceptors (Lipinski definition) is 9. The molecule has 2 N–H and O–H groups in total. The molecule has 1 fully saturated rings. The second-order valence-electron chi connectivity index (χ2n) is 6.47. The van der Waals surface area contributed by atoms with E-state index < -0.39 is 52.8 Å². The van der Waals surface area contributed by atoms with Crippen LogP contribution in [0.15, 0.2) is 17.1 Å². The molecule has 1 aromatic heterocycles. The molecule has 0 saturated carbocycles. The molecule has 31 heavy (non-hydrogen) atoms. The van der Waals surface area contributed by atoms with E-state index in [1.54, 1.807) is 0 Å². The minimum Gasteiger partial charge on any atom is -0.478 e. The Kier molecular flexibility index (Phi) is 8.05. The number of carbonyl (C=O) groups is 4. The molecule has 4 atom stereocenters. The van der Waals surface area contributed by atoms with E-state index in [1.165, 1.54) is 27.0 Å². The highest BCUT2D eigenvalue weighted by atomic mass is 79.9. The van der Waals surface area contributed by atoms with Gasteiger partial charge in [0.2, 0.25) is 5.91 Å². The van der Waals surface area contributed by atoms with Crippen molar-refractivity contribution < 1.29 is 38.5 Å². The Bertz CT molecular complexity index is 975. The first kappa shape index (κ1) is 24.2. The maximum absolute atomic E-state index is 12.6. The lowest BCUT2D eigenvalue weighted by Gasteiger charge is -2.22. The van der Waals surface area contributed by atoms with Crippen molar-refractivity contribution in [2.45, 2.75) is 44.0 Å². The van der Waals surface area contributed by atoms with Crippen LogP contribution in [0.4, 0.5) is 5.82 Å². The van der Waals surface area contributed by atoms with Gasteiger partial charge in [0.15, 0.2) is 12.3 Å². The minimum atomic E-state index is -1.26. The number of carboxylic acid groups (broad SMARTS) is 1. The number of halogens is 1. The van der Waals surface area contributed by atoms with E-state index in [1.807, 2.05) is 0 Å². The Hall–Kier alpha value is -3.06. The summed E-state index contributed by atoms with van der Waals surface area (Å²) in [6.45, 7) is 3.43. The number of anilines is 1. The predicted octanol–water partition coefficient (Wildman–Crippen LogP) is 0.455. The normalized spacial score (nSPS) is 22.8. The summed E-state index contributed by atoms with van der Waals surface area (Å²) in [6, 6.07) is 0. The Morgan fingerprint density at radius 2 is 1.97 bits per heavy atom. The number of alkyl halides is 1. The van der Waals surface area contributed by atoms with Crippen molar-refractivity contribution in [3.63, 3.8) is 0 Å². The number of amides is 1. The third-order valence-corrected chi connectivity index (χ3v) is 5.08. The molecule has 0 unspecified atom stereocenters. The number of ether oxygens (including phenoxy) is 3. The monoisotopic (exact) mass is 501 g/mol. The van der Waals surface area contributed by atoms with E-state index in [2.05, 4.69) is 26.2 Å².